The van der Waals surface area contributed by atoms with Crippen molar-refractivity contribution in [2.75, 3.05) is 0 Å². The fraction of sp³-hybridized carbons (Fsp3) is 0. The first-order valence-corrected chi connectivity index (χ1v) is 4.88. The van der Waals surface area contributed by atoms with Gasteiger partial charge >= 0.3 is 0 Å². The van der Waals surface area contributed by atoms with E-state index in [1.807, 2.05) is 0 Å². The molecule has 0 bridgehead atoms. The highest BCUT2D eigenvalue weighted by Crippen LogP contribution is 2.30. The number of hydrogen-bond acceptors (Lipinski definition) is 6. The summed E-state index contributed by atoms with van der Waals surface area (Å²) in [6.45, 7) is 0. The molecule has 14 heavy (non-hydrogen) atoms. The molecule has 0 fully saturated rings. The number of nitro groups is 2. The van der Waals surface area contributed by atoms with Gasteiger partial charge in [-0.1, -0.05) is 12.1 Å². The Hall–Kier alpha value is -1.28. The molecule has 0 saturated carbocycles. The van der Waals surface area contributed by atoms with Crippen molar-refractivity contribution in [3.05, 3.63) is 44.5 Å². The number of hydrogen-bond donors (Lipinski definition) is 0. The average Bonchev–Trinajstić information content (AvgIpc) is 2.06. The van der Waals surface area contributed by atoms with E-state index < -0.39 is 8.66 Å². The van der Waals surface area contributed by atoms with E-state index in [2.05, 4.69) is 0 Å². The summed E-state index contributed by atoms with van der Waals surface area (Å²) in [4.78, 5) is 20.9. The Bertz CT molecular complexity index is 336. The normalized spacial score (nSPS) is 9.71. The summed E-state index contributed by atoms with van der Waals surface area (Å²) in [6.07, 6.45) is 0. The molecular formula is C6H4N2O4S2. The Morgan fingerprint density at radius 3 is 1.57 bits per heavy atom. The zero-order chi connectivity index (χ0) is 10.6. The van der Waals surface area contributed by atoms with E-state index >= 15 is 0 Å². The Kier molecular flexibility index (Phi) is 3.72. The monoisotopic (exact) mass is 232 g/mol. The molecule has 74 valence electrons. The van der Waals surface area contributed by atoms with Gasteiger partial charge in [0.25, 0.3) is 23.9 Å². The SMILES string of the molecule is O=[N+]([O-])Sc1ccccc1S[N+](=O)[O-]. The second-order valence-electron chi connectivity index (χ2n) is 2.08. The van der Waals surface area contributed by atoms with Crippen molar-refractivity contribution in [3.63, 3.8) is 0 Å². The van der Waals surface area contributed by atoms with Gasteiger partial charge < -0.3 is 0 Å². The molecule has 0 spiro atoms. The maximum Gasteiger partial charge on any atom is 0.267 e. The van der Waals surface area contributed by atoms with Crippen LogP contribution in [-0.2, 0) is 0 Å². The molecule has 0 aliphatic heterocycles. The largest absolute Gasteiger partial charge is 0.267 e. The third kappa shape index (κ3) is 3.23. The van der Waals surface area contributed by atoms with E-state index in [-0.39, 0.29) is 9.79 Å². The molecule has 0 aliphatic rings. The Labute approximate surface area is 87.3 Å². The van der Waals surface area contributed by atoms with Crippen LogP contribution in [-0.4, -0.2) is 8.66 Å². The Balaban J connectivity index is 2.90. The first-order valence-electron chi connectivity index (χ1n) is 3.33. The summed E-state index contributed by atoms with van der Waals surface area (Å²) in [5, 5.41) is 20.4. The molecule has 0 saturated heterocycles. The van der Waals surface area contributed by atoms with Gasteiger partial charge in [0, 0.05) is 0 Å². The second-order valence-corrected chi connectivity index (χ2v) is 3.92. The molecule has 0 radical (unpaired) electrons. The predicted molar refractivity (Wildman–Crippen MR) is 52.1 cm³/mol. The van der Waals surface area contributed by atoms with Crippen LogP contribution in [0.5, 0.6) is 0 Å². The lowest BCUT2D eigenvalue weighted by Crippen LogP contribution is -1.88. The van der Waals surface area contributed by atoms with E-state index in [4.69, 9.17) is 0 Å². The molecule has 0 N–H and O–H groups in total. The molecule has 1 aromatic carbocycles. The van der Waals surface area contributed by atoms with Gasteiger partial charge in [-0.25, -0.2) is 0 Å². The molecule has 0 heterocycles. The molecular weight excluding hydrogens is 228 g/mol. The minimum atomic E-state index is -0.598. The zero-order valence-corrected chi connectivity index (χ0v) is 8.29. The fourth-order valence-electron chi connectivity index (χ4n) is 0.762. The third-order valence-electron chi connectivity index (χ3n) is 1.19. The number of benzene rings is 1. The van der Waals surface area contributed by atoms with Crippen molar-refractivity contribution >= 4 is 23.9 Å². The van der Waals surface area contributed by atoms with Crippen LogP contribution >= 0.6 is 23.9 Å². The maximum atomic E-state index is 10.2. The van der Waals surface area contributed by atoms with Gasteiger partial charge in [0.2, 0.25) is 0 Å². The molecule has 0 atom stereocenters. The van der Waals surface area contributed by atoms with Gasteiger partial charge in [0.05, 0.1) is 0 Å². The summed E-state index contributed by atoms with van der Waals surface area (Å²) >= 11 is 0.728. The molecule has 0 aromatic heterocycles. The first kappa shape index (κ1) is 10.8. The van der Waals surface area contributed by atoms with Crippen LogP contribution in [0.25, 0.3) is 0 Å². The van der Waals surface area contributed by atoms with Crippen molar-refractivity contribution in [1.82, 2.24) is 0 Å². The van der Waals surface area contributed by atoms with E-state index in [1.165, 1.54) is 12.1 Å². The van der Waals surface area contributed by atoms with Gasteiger partial charge in [-0.3, -0.25) is 20.2 Å². The van der Waals surface area contributed by atoms with Gasteiger partial charge in [-0.2, -0.15) is 0 Å². The first-order chi connectivity index (χ1) is 6.59. The third-order valence-corrected chi connectivity index (χ3v) is 2.73. The van der Waals surface area contributed by atoms with Crippen molar-refractivity contribution in [1.29, 1.82) is 0 Å². The standard InChI is InChI=1S/C6H4N2O4S2/c9-7(10)13-5-3-1-2-4-6(5)14-8(11)12/h1-4H. The van der Waals surface area contributed by atoms with E-state index in [9.17, 15) is 20.2 Å². The van der Waals surface area contributed by atoms with Crippen molar-refractivity contribution in [2.45, 2.75) is 9.79 Å². The van der Waals surface area contributed by atoms with Crippen LogP contribution < -0.4 is 0 Å². The van der Waals surface area contributed by atoms with Gasteiger partial charge in [-0.15, -0.1) is 0 Å². The van der Waals surface area contributed by atoms with Crippen LogP contribution in [0.2, 0.25) is 0 Å². The van der Waals surface area contributed by atoms with Crippen molar-refractivity contribution < 1.29 is 8.66 Å². The van der Waals surface area contributed by atoms with Gasteiger partial charge in [-0.05, 0) is 12.1 Å². The summed E-state index contributed by atoms with van der Waals surface area (Å²) in [6, 6.07) is 6.13. The lowest BCUT2D eigenvalue weighted by atomic mass is 10.4. The maximum absolute atomic E-state index is 10.2. The van der Waals surface area contributed by atoms with E-state index in [0.29, 0.717) is 23.9 Å². The highest BCUT2D eigenvalue weighted by molar-refractivity contribution is 7.96. The zero-order valence-electron chi connectivity index (χ0n) is 6.65. The molecule has 0 aliphatic carbocycles. The summed E-state index contributed by atoms with van der Waals surface area (Å²) in [5.41, 5.74) is 0. The molecule has 1 aromatic rings. The van der Waals surface area contributed by atoms with Crippen LogP contribution in [0.3, 0.4) is 0 Å². The molecule has 0 unspecified atom stereocenters. The topological polar surface area (TPSA) is 86.3 Å². The highest BCUT2D eigenvalue weighted by atomic mass is 32.2. The average molecular weight is 232 g/mol. The van der Waals surface area contributed by atoms with Crippen molar-refractivity contribution in [3.8, 4) is 0 Å². The highest BCUT2D eigenvalue weighted by Gasteiger charge is 2.16. The molecule has 8 heteroatoms. The lowest BCUT2D eigenvalue weighted by molar-refractivity contribution is -0.286. The van der Waals surface area contributed by atoms with Crippen LogP contribution in [0.4, 0.5) is 0 Å². The summed E-state index contributed by atoms with van der Waals surface area (Å²) in [7, 11) is 0. The van der Waals surface area contributed by atoms with E-state index in [1.54, 1.807) is 12.1 Å². The van der Waals surface area contributed by atoms with E-state index in [0.717, 1.165) is 0 Å². The Morgan fingerprint density at radius 1 is 0.929 bits per heavy atom. The van der Waals surface area contributed by atoms with Gasteiger partial charge in [0.15, 0.2) is 0 Å². The minimum absolute atomic E-state index is 0.277. The number of rotatable bonds is 4. The van der Waals surface area contributed by atoms with Crippen LogP contribution in [0, 0.1) is 20.2 Å². The molecule has 0 amide bonds. The van der Waals surface area contributed by atoms with Crippen LogP contribution in [0.1, 0.15) is 0 Å². The summed E-state index contributed by atoms with van der Waals surface area (Å²) < 4.78 is -1.20. The second kappa shape index (κ2) is 4.82. The predicted octanol–water partition coefficient (Wildman–Crippen LogP) is 2.25. The van der Waals surface area contributed by atoms with Crippen LogP contribution in [0.15, 0.2) is 34.1 Å². The minimum Gasteiger partial charge on any atom is -0.250 e. The van der Waals surface area contributed by atoms with Crippen molar-refractivity contribution in [2.24, 2.45) is 0 Å². The van der Waals surface area contributed by atoms with Gasteiger partial charge in [0.1, 0.15) is 18.4 Å². The lowest BCUT2D eigenvalue weighted by Gasteiger charge is -1.95. The summed E-state index contributed by atoms with van der Waals surface area (Å²) in [5.74, 6) is 0. The molecule has 1 rings (SSSR count). The Morgan fingerprint density at radius 2 is 1.29 bits per heavy atom. The quantitative estimate of drug-likeness (QED) is 0.449. The smallest absolute Gasteiger partial charge is 0.250 e. The molecule has 6 nitrogen and oxygen atoms in total. The fourth-order valence-corrected chi connectivity index (χ4v) is 1.90. The number of nitrogens with zero attached hydrogens (tertiary/aromatic N) is 2.